The fourth-order valence-electron chi connectivity index (χ4n) is 2.44. The number of methoxy groups -OCH3 is 1. The van der Waals surface area contributed by atoms with Crippen molar-refractivity contribution in [1.29, 1.82) is 5.26 Å². The molecule has 0 saturated carbocycles. The van der Waals surface area contributed by atoms with Crippen LogP contribution in [0.1, 0.15) is 32.0 Å². The van der Waals surface area contributed by atoms with Gasteiger partial charge in [0.2, 0.25) is 0 Å². The average Bonchev–Trinajstić information content (AvgIpc) is 2.89. The number of nitrogens with zero attached hydrogens (tertiary/aromatic N) is 3. The zero-order valence-electron chi connectivity index (χ0n) is 13.1. The van der Waals surface area contributed by atoms with Crippen LogP contribution < -0.4 is 5.73 Å². The number of non-ortho nitro benzene ring substituents is 1. The molecule has 128 valence electrons. The Morgan fingerprint density at radius 3 is 2.56 bits per heavy atom. The van der Waals surface area contributed by atoms with Gasteiger partial charge in [-0.15, -0.1) is 0 Å². The molecule has 0 saturated heterocycles. The Hall–Kier alpha value is -3.87. The molecule has 0 aliphatic carbocycles. The number of carbonyl (C=O) groups excluding carboxylic acids is 1. The van der Waals surface area contributed by atoms with Gasteiger partial charge in [-0.1, -0.05) is 0 Å². The topological polar surface area (TPSA) is 161 Å². The number of hydrogen-bond acceptors (Lipinski definition) is 7. The van der Waals surface area contributed by atoms with E-state index in [1.165, 1.54) is 13.1 Å². The van der Waals surface area contributed by atoms with Crippen LogP contribution in [-0.4, -0.2) is 33.6 Å². The van der Waals surface area contributed by atoms with Crippen LogP contribution in [0, 0.1) is 28.4 Å². The van der Waals surface area contributed by atoms with Crippen molar-refractivity contribution >= 4 is 23.3 Å². The van der Waals surface area contributed by atoms with Gasteiger partial charge in [0.1, 0.15) is 6.07 Å². The third-order valence-corrected chi connectivity index (χ3v) is 3.51. The summed E-state index contributed by atoms with van der Waals surface area (Å²) < 4.78 is 5.73. The number of benzene rings is 1. The third kappa shape index (κ3) is 2.86. The SMILES string of the molecule is COC(=O)c1c(N)c(C#N)cn1-c1c(C)cc([N+](=O)[O-])cc1C(=O)O. The van der Waals surface area contributed by atoms with E-state index in [-0.39, 0.29) is 28.2 Å². The molecule has 2 aromatic rings. The Morgan fingerprint density at radius 2 is 2.08 bits per heavy atom. The van der Waals surface area contributed by atoms with E-state index in [0.29, 0.717) is 0 Å². The molecule has 0 unspecified atom stereocenters. The average molecular weight is 344 g/mol. The van der Waals surface area contributed by atoms with Gasteiger partial charge >= 0.3 is 11.9 Å². The van der Waals surface area contributed by atoms with Crippen molar-refractivity contribution in [3.8, 4) is 11.8 Å². The van der Waals surface area contributed by atoms with Gasteiger partial charge in [-0.2, -0.15) is 5.26 Å². The number of carboxylic acids is 1. The number of rotatable bonds is 4. The van der Waals surface area contributed by atoms with E-state index in [1.807, 2.05) is 0 Å². The van der Waals surface area contributed by atoms with Crippen LogP contribution >= 0.6 is 0 Å². The predicted molar refractivity (Wildman–Crippen MR) is 84.6 cm³/mol. The van der Waals surface area contributed by atoms with E-state index in [1.54, 1.807) is 6.07 Å². The maximum Gasteiger partial charge on any atom is 0.357 e. The molecule has 0 spiro atoms. The van der Waals surface area contributed by atoms with Crippen LogP contribution in [-0.2, 0) is 4.74 Å². The van der Waals surface area contributed by atoms with Crippen LogP contribution in [0.4, 0.5) is 11.4 Å². The molecule has 0 atom stereocenters. The Balaban J connectivity index is 2.92. The standard InChI is InChI=1S/C15H12N4O6/c1-7-3-9(19(23)24)4-10(14(20)21)12(7)18-6-8(5-16)11(17)13(18)15(22)25-2/h3-4,6H,17H2,1-2H3,(H,20,21). The van der Waals surface area contributed by atoms with E-state index in [2.05, 4.69) is 4.74 Å². The lowest BCUT2D eigenvalue weighted by Gasteiger charge is -2.14. The number of nitrogen functional groups attached to an aromatic ring is 1. The van der Waals surface area contributed by atoms with Crippen molar-refractivity contribution in [2.75, 3.05) is 12.8 Å². The summed E-state index contributed by atoms with van der Waals surface area (Å²) in [5.74, 6) is -2.32. The first-order valence-corrected chi connectivity index (χ1v) is 6.74. The smallest absolute Gasteiger partial charge is 0.357 e. The minimum Gasteiger partial charge on any atom is -0.478 e. The second-order valence-corrected chi connectivity index (χ2v) is 5.00. The quantitative estimate of drug-likeness (QED) is 0.480. The van der Waals surface area contributed by atoms with Crippen LogP contribution in [0.25, 0.3) is 5.69 Å². The maximum absolute atomic E-state index is 12.0. The summed E-state index contributed by atoms with van der Waals surface area (Å²) >= 11 is 0. The van der Waals surface area contributed by atoms with Crippen molar-refractivity contribution in [1.82, 2.24) is 4.57 Å². The Labute approximate surface area is 140 Å². The summed E-state index contributed by atoms with van der Waals surface area (Å²) in [5, 5.41) is 29.5. The number of hydrogen-bond donors (Lipinski definition) is 2. The number of nitro groups is 1. The van der Waals surface area contributed by atoms with E-state index < -0.39 is 28.1 Å². The molecule has 0 fully saturated rings. The number of carboxylic acid groups (broad SMARTS) is 1. The van der Waals surface area contributed by atoms with Crippen molar-refractivity contribution in [3.63, 3.8) is 0 Å². The minimum absolute atomic E-state index is 0.0216. The number of aromatic carboxylic acids is 1. The number of aromatic nitrogens is 1. The first kappa shape index (κ1) is 17.5. The third-order valence-electron chi connectivity index (χ3n) is 3.51. The molecule has 1 aromatic carbocycles. The summed E-state index contributed by atoms with van der Waals surface area (Å²) in [7, 11) is 1.10. The first-order valence-electron chi connectivity index (χ1n) is 6.74. The number of carbonyl (C=O) groups is 2. The first-order chi connectivity index (χ1) is 11.7. The van der Waals surface area contributed by atoms with Gasteiger partial charge in [0.05, 0.1) is 34.5 Å². The highest BCUT2D eigenvalue weighted by molar-refractivity contribution is 5.98. The van der Waals surface area contributed by atoms with E-state index in [9.17, 15) is 24.8 Å². The highest BCUT2D eigenvalue weighted by Crippen LogP contribution is 2.31. The Morgan fingerprint density at radius 1 is 1.44 bits per heavy atom. The molecule has 0 amide bonds. The van der Waals surface area contributed by atoms with Gasteiger partial charge in [-0.25, -0.2) is 9.59 Å². The molecule has 0 bridgehead atoms. The Kier molecular flexibility index (Phi) is 4.42. The van der Waals surface area contributed by atoms with Crippen LogP contribution in [0.5, 0.6) is 0 Å². The summed E-state index contributed by atoms with van der Waals surface area (Å²) in [6.07, 6.45) is 1.18. The molecular formula is C15H12N4O6. The lowest BCUT2D eigenvalue weighted by atomic mass is 10.1. The van der Waals surface area contributed by atoms with Crippen molar-refractivity contribution in [2.24, 2.45) is 0 Å². The van der Waals surface area contributed by atoms with Crippen LogP contribution in [0.2, 0.25) is 0 Å². The summed E-state index contributed by atoms with van der Waals surface area (Å²) in [4.78, 5) is 33.9. The van der Waals surface area contributed by atoms with Crippen molar-refractivity contribution in [3.05, 3.63) is 50.8 Å². The summed E-state index contributed by atoms with van der Waals surface area (Å²) in [6.45, 7) is 1.44. The predicted octanol–water partition coefficient (Wildman–Crippen LogP) is 1.63. The minimum atomic E-state index is -1.44. The number of esters is 1. The van der Waals surface area contributed by atoms with Gasteiger partial charge in [-0.05, 0) is 12.5 Å². The maximum atomic E-state index is 12.0. The van der Waals surface area contributed by atoms with E-state index in [4.69, 9.17) is 11.0 Å². The zero-order valence-corrected chi connectivity index (χ0v) is 13.1. The van der Waals surface area contributed by atoms with E-state index >= 15 is 0 Å². The lowest BCUT2D eigenvalue weighted by molar-refractivity contribution is -0.384. The number of aryl methyl sites for hydroxylation is 1. The molecule has 10 nitrogen and oxygen atoms in total. The highest BCUT2D eigenvalue weighted by atomic mass is 16.6. The molecule has 2 rings (SSSR count). The molecule has 0 radical (unpaired) electrons. The number of nitrogens with two attached hydrogens (primary N) is 1. The fraction of sp³-hybridized carbons (Fsp3) is 0.133. The molecule has 3 N–H and O–H groups in total. The molecule has 1 aromatic heterocycles. The zero-order chi connectivity index (χ0) is 18.9. The fourth-order valence-corrected chi connectivity index (χ4v) is 2.44. The lowest BCUT2D eigenvalue weighted by Crippen LogP contribution is -2.15. The van der Waals surface area contributed by atoms with Crippen LogP contribution in [0.15, 0.2) is 18.3 Å². The normalized spacial score (nSPS) is 10.1. The van der Waals surface area contributed by atoms with Gasteiger partial charge in [0, 0.05) is 18.3 Å². The number of nitriles is 1. The second kappa shape index (κ2) is 6.32. The molecule has 0 aliphatic heterocycles. The van der Waals surface area contributed by atoms with Gasteiger partial charge in [0.15, 0.2) is 5.69 Å². The second-order valence-electron chi connectivity index (χ2n) is 5.00. The van der Waals surface area contributed by atoms with Crippen molar-refractivity contribution in [2.45, 2.75) is 6.92 Å². The molecular weight excluding hydrogens is 332 g/mol. The largest absolute Gasteiger partial charge is 0.478 e. The summed E-state index contributed by atoms with van der Waals surface area (Å²) in [6, 6.07) is 3.82. The monoisotopic (exact) mass is 344 g/mol. The molecule has 0 aliphatic rings. The Bertz CT molecular complexity index is 954. The van der Waals surface area contributed by atoms with Crippen LogP contribution in [0.3, 0.4) is 0 Å². The number of ether oxygens (including phenoxy) is 1. The number of nitro benzene ring substituents is 1. The van der Waals surface area contributed by atoms with Gasteiger partial charge in [0.25, 0.3) is 5.69 Å². The van der Waals surface area contributed by atoms with Crippen molar-refractivity contribution < 1.29 is 24.4 Å². The van der Waals surface area contributed by atoms with E-state index in [0.717, 1.165) is 23.8 Å². The molecule has 1 heterocycles. The number of anilines is 1. The molecule has 25 heavy (non-hydrogen) atoms. The van der Waals surface area contributed by atoms with Gasteiger partial charge in [-0.3, -0.25) is 10.1 Å². The van der Waals surface area contributed by atoms with Gasteiger partial charge < -0.3 is 20.1 Å². The molecule has 10 heteroatoms. The summed E-state index contributed by atoms with van der Waals surface area (Å²) in [5.41, 5.74) is 4.65. The highest BCUT2D eigenvalue weighted by Gasteiger charge is 2.27.